The van der Waals surface area contributed by atoms with Crippen molar-refractivity contribution in [3.05, 3.63) is 28.0 Å². The number of nitrogens with zero attached hydrogens (tertiary/aromatic N) is 3. The summed E-state index contributed by atoms with van der Waals surface area (Å²) < 4.78 is 28.4. The van der Waals surface area contributed by atoms with E-state index in [0.29, 0.717) is 18.1 Å². The predicted molar refractivity (Wildman–Crippen MR) is 101 cm³/mol. The normalized spacial score (nSPS) is 20.2. The lowest BCUT2D eigenvalue weighted by atomic mass is 10.2. The van der Waals surface area contributed by atoms with Crippen LogP contribution in [0, 0.1) is 4.77 Å². The van der Waals surface area contributed by atoms with Crippen LogP contribution in [0.3, 0.4) is 0 Å². The molecule has 0 amide bonds. The smallest absolute Gasteiger partial charge is 0.181 e. The van der Waals surface area contributed by atoms with Crippen molar-refractivity contribution >= 4 is 44.7 Å². The van der Waals surface area contributed by atoms with E-state index in [-0.39, 0.29) is 17.5 Å². The Morgan fingerprint density at radius 2 is 2.08 bits per heavy atom. The van der Waals surface area contributed by atoms with Crippen LogP contribution in [0.2, 0.25) is 5.02 Å². The molecule has 0 radical (unpaired) electrons. The highest BCUT2D eigenvalue weighted by Crippen LogP contribution is 2.24. The first-order valence-electron chi connectivity index (χ1n) is 8.11. The third-order valence-electron chi connectivity index (χ3n) is 4.62. The maximum Gasteiger partial charge on any atom is 0.181 e. The van der Waals surface area contributed by atoms with E-state index in [0.717, 1.165) is 28.8 Å². The second kappa shape index (κ2) is 6.78. The monoisotopic (exact) mass is 387 g/mol. The standard InChI is InChI=1S/C16H22ClN3O2S2/c1-3-7-19-14-5-4-12(17)9-15(14)20(16(19)23)11-18(2)13-6-8-24(21,22)10-13/h4-5,9,13H,3,6-8,10-11H2,1-2H3/t13-/m1/s1. The van der Waals surface area contributed by atoms with Gasteiger partial charge in [0, 0.05) is 17.6 Å². The zero-order valence-corrected chi connectivity index (χ0v) is 16.3. The molecule has 1 aliphatic rings. The summed E-state index contributed by atoms with van der Waals surface area (Å²) >= 11 is 11.9. The molecular weight excluding hydrogens is 366 g/mol. The van der Waals surface area contributed by atoms with Gasteiger partial charge in [-0.05, 0) is 50.3 Å². The summed E-state index contributed by atoms with van der Waals surface area (Å²) in [5.41, 5.74) is 2.06. The van der Waals surface area contributed by atoms with Crippen LogP contribution in [0.25, 0.3) is 11.0 Å². The van der Waals surface area contributed by atoms with Crippen LogP contribution in [0.1, 0.15) is 19.8 Å². The molecular formula is C16H22ClN3O2S2. The molecule has 24 heavy (non-hydrogen) atoms. The molecule has 0 aliphatic carbocycles. The van der Waals surface area contributed by atoms with Gasteiger partial charge in [-0.3, -0.25) is 4.90 Å². The minimum absolute atomic E-state index is 0.0423. The van der Waals surface area contributed by atoms with Gasteiger partial charge in [0.1, 0.15) is 0 Å². The fourth-order valence-corrected chi connectivity index (χ4v) is 5.65. The number of benzene rings is 1. The first-order chi connectivity index (χ1) is 11.3. The van der Waals surface area contributed by atoms with Crippen molar-refractivity contribution in [3.8, 4) is 0 Å². The number of imidazole rings is 1. The Morgan fingerprint density at radius 1 is 1.33 bits per heavy atom. The number of rotatable bonds is 5. The Bertz CT molecular complexity index is 917. The van der Waals surface area contributed by atoms with Crippen LogP contribution in [-0.4, -0.2) is 47.0 Å². The molecule has 132 valence electrons. The van der Waals surface area contributed by atoms with Gasteiger partial charge in [-0.25, -0.2) is 8.42 Å². The molecule has 1 aromatic carbocycles. The third-order valence-corrected chi connectivity index (χ3v) is 7.05. The van der Waals surface area contributed by atoms with E-state index in [1.54, 1.807) is 0 Å². The van der Waals surface area contributed by atoms with Crippen LogP contribution < -0.4 is 0 Å². The highest BCUT2D eigenvalue weighted by atomic mass is 35.5. The SMILES string of the molecule is CCCn1c(=S)n(CN(C)[C@@H]2CCS(=O)(=O)C2)c2cc(Cl)ccc21. The highest BCUT2D eigenvalue weighted by Gasteiger charge is 2.31. The molecule has 5 nitrogen and oxygen atoms in total. The van der Waals surface area contributed by atoms with Crippen molar-refractivity contribution in [2.75, 3.05) is 18.6 Å². The fraction of sp³-hybridized carbons (Fsp3) is 0.562. The lowest BCUT2D eigenvalue weighted by molar-refractivity contribution is 0.210. The molecule has 2 aromatic rings. The predicted octanol–water partition coefficient (Wildman–Crippen LogP) is 3.31. The number of fused-ring (bicyclic) bond motifs is 1. The fourth-order valence-electron chi connectivity index (χ4n) is 3.33. The van der Waals surface area contributed by atoms with Gasteiger partial charge in [0.15, 0.2) is 14.6 Å². The minimum atomic E-state index is -2.90. The number of aromatic nitrogens is 2. The van der Waals surface area contributed by atoms with Gasteiger partial charge >= 0.3 is 0 Å². The molecule has 1 saturated heterocycles. The van der Waals surface area contributed by atoms with E-state index in [4.69, 9.17) is 23.8 Å². The first-order valence-corrected chi connectivity index (χ1v) is 10.7. The summed E-state index contributed by atoms with van der Waals surface area (Å²) in [5.74, 6) is 0.502. The Morgan fingerprint density at radius 3 is 2.71 bits per heavy atom. The maximum atomic E-state index is 11.7. The molecule has 0 N–H and O–H groups in total. The second-order valence-corrected chi connectivity index (χ2v) is 9.48. The van der Waals surface area contributed by atoms with Crippen LogP contribution >= 0.6 is 23.8 Å². The van der Waals surface area contributed by atoms with Crippen LogP contribution in [0.4, 0.5) is 0 Å². The molecule has 0 spiro atoms. The van der Waals surface area contributed by atoms with Gasteiger partial charge in [-0.15, -0.1) is 0 Å². The summed E-state index contributed by atoms with van der Waals surface area (Å²) in [6.07, 6.45) is 1.67. The summed E-state index contributed by atoms with van der Waals surface area (Å²) in [6.45, 7) is 3.54. The van der Waals surface area contributed by atoms with E-state index in [9.17, 15) is 8.42 Å². The molecule has 2 heterocycles. The molecule has 1 aromatic heterocycles. The van der Waals surface area contributed by atoms with Crippen molar-refractivity contribution in [1.82, 2.24) is 14.0 Å². The molecule has 0 saturated carbocycles. The van der Waals surface area contributed by atoms with Crippen LogP contribution in [0.15, 0.2) is 18.2 Å². The van der Waals surface area contributed by atoms with Crippen molar-refractivity contribution in [1.29, 1.82) is 0 Å². The van der Waals surface area contributed by atoms with Gasteiger partial charge in [0.2, 0.25) is 0 Å². The van der Waals surface area contributed by atoms with Crippen LogP contribution in [0.5, 0.6) is 0 Å². The molecule has 3 rings (SSSR count). The van der Waals surface area contributed by atoms with Gasteiger partial charge in [-0.1, -0.05) is 18.5 Å². The van der Waals surface area contributed by atoms with E-state index >= 15 is 0 Å². The summed E-state index contributed by atoms with van der Waals surface area (Å²) in [6, 6.07) is 5.85. The summed E-state index contributed by atoms with van der Waals surface area (Å²) in [7, 11) is -0.940. The lowest BCUT2D eigenvalue weighted by Crippen LogP contribution is -2.34. The average Bonchev–Trinajstić information content (AvgIpc) is 3.00. The van der Waals surface area contributed by atoms with Crippen LogP contribution in [-0.2, 0) is 23.1 Å². The van der Waals surface area contributed by atoms with E-state index in [2.05, 4.69) is 21.0 Å². The van der Waals surface area contributed by atoms with Gasteiger partial charge in [0.05, 0.1) is 29.2 Å². The molecule has 1 aliphatic heterocycles. The quantitative estimate of drug-likeness (QED) is 0.738. The largest absolute Gasteiger partial charge is 0.317 e. The van der Waals surface area contributed by atoms with Gasteiger partial charge in [0.25, 0.3) is 0 Å². The maximum absolute atomic E-state index is 11.7. The molecule has 8 heteroatoms. The highest BCUT2D eigenvalue weighted by molar-refractivity contribution is 7.91. The zero-order valence-electron chi connectivity index (χ0n) is 13.9. The zero-order chi connectivity index (χ0) is 17.5. The Kier molecular flexibility index (Phi) is 5.06. The lowest BCUT2D eigenvalue weighted by Gasteiger charge is -2.23. The van der Waals surface area contributed by atoms with Gasteiger partial charge < -0.3 is 9.13 Å². The minimum Gasteiger partial charge on any atom is -0.317 e. The summed E-state index contributed by atoms with van der Waals surface area (Å²) in [5, 5.41) is 0.672. The second-order valence-electron chi connectivity index (χ2n) is 6.45. The van der Waals surface area contributed by atoms with E-state index < -0.39 is 9.84 Å². The Labute approximate surface area is 152 Å². The van der Waals surface area contributed by atoms with E-state index in [1.807, 2.05) is 25.2 Å². The van der Waals surface area contributed by atoms with Gasteiger partial charge in [-0.2, -0.15) is 0 Å². The molecule has 0 unspecified atom stereocenters. The first kappa shape index (κ1) is 17.9. The molecule has 0 bridgehead atoms. The number of sulfone groups is 1. The molecule has 1 fully saturated rings. The topological polar surface area (TPSA) is 47.2 Å². The summed E-state index contributed by atoms with van der Waals surface area (Å²) in [4.78, 5) is 2.08. The number of aryl methyl sites for hydroxylation is 1. The molecule has 1 atom stereocenters. The van der Waals surface area contributed by atoms with Crippen molar-refractivity contribution < 1.29 is 8.42 Å². The van der Waals surface area contributed by atoms with Crippen molar-refractivity contribution in [2.45, 2.75) is 39.0 Å². The van der Waals surface area contributed by atoms with Crippen molar-refractivity contribution in [2.24, 2.45) is 0 Å². The number of hydrogen-bond acceptors (Lipinski definition) is 4. The Balaban J connectivity index is 1.98. The Hall–Kier alpha value is -0.890. The number of halogens is 1. The van der Waals surface area contributed by atoms with E-state index in [1.165, 1.54) is 0 Å². The average molecular weight is 388 g/mol. The van der Waals surface area contributed by atoms with Crippen molar-refractivity contribution in [3.63, 3.8) is 0 Å². The number of hydrogen-bond donors (Lipinski definition) is 0. The third kappa shape index (κ3) is 3.40.